The van der Waals surface area contributed by atoms with Gasteiger partial charge in [0, 0.05) is 43.4 Å². The summed E-state index contributed by atoms with van der Waals surface area (Å²) in [6, 6.07) is 0. The maximum atomic E-state index is 10.2. The van der Waals surface area contributed by atoms with Crippen molar-refractivity contribution in [3.05, 3.63) is 40.5 Å². The Morgan fingerprint density at radius 2 is 0.477 bits per heavy atom. The van der Waals surface area contributed by atoms with Crippen LogP contribution < -0.4 is 0 Å². The lowest BCUT2D eigenvalue weighted by atomic mass is 9.90. The second-order valence-electron chi connectivity index (χ2n) is 12.3. The highest BCUT2D eigenvalue weighted by atomic mass is 16.6. The fraction of sp³-hybridized carbons (Fsp3) is 1.00. The predicted molar refractivity (Wildman–Crippen MR) is 180 cm³/mol. The zero-order chi connectivity index (χ0) is 35.4. The van der Waals surface area contributed by atoms with Crippen molar-refractivity contribution >= 4 is 0 Å². The van der Waals surface area contributed by atoms with E-state index in [1.54, 1.807) is 0 Å². The smallest absolute Gasteiger partial charge is 0.206 e. The van der Waals surface area contributed by atoms with Gasteiger partial charge in [0.2, 0.25) is 26.2 Å². The summed E-state index contributed by atoms with van der Waals surface area (Å²) in [5.74, 6) is 2.95. The van der Waals surface area contributed by atoms with Crippen LogP contribution in [0, 0.1) is 87.8 Å². The van der Waals surface area contributed by atoms with Crippen molar-refractivity contribution in [3.8, 4) is 0 Å². The van der Waals surface area contributed by atoms with Crippen LogP contribution in [0.5, 0.6) is 0 Å². The number of hydrogen-bond acceptors (Lipinski definition) is 8. The largest absolute Gasteiger partial charge is 0.265 e. The number of nitrogens with zero attached hydrogens (tertiary/aromatic N) is 4. The molecule has 12 heteroatoms. The Morgan fingerprint density at radius 1 is 0.341 bits per heavy atom. The maximum absolute atomic E-state index is 10.2. The highest BCUT2D eigenvalue weighted by Crippen LogP contribution is 2.20. The van der Waals surface area contributed by atoms with Crippen LogP contribution in [0.4, 0.5) is 0 Å². The molecule has 0 radical (unpaired) electrons. The third kappa shape index (κ3) is 28.4. The molecule has 0 aromatic heterocycles. The molecule has 0 aliphatic heterocycles. The third-order valence-electron chi connectivity index (χ3n) is 9.43. The molecule has 0 aromatic carbocycles. The molecule has 0 rings (SSSR count). The van der Waals surface area contributed by atoms with Gasteiger partial charge in [0.15, 0.2) is 0 Å². The standard InChI is InChI=1S/4C8H17NO2/c4*1-4-7(3)8(5-2)6-9(10)11/h4*7-8H,4-6H2,1-3H3/t2*7-,8+;2*7-,8-/m1010/s1. The van der Waals surface area contributed by atoms with Crippen LogP contribution in [0.1, 0.15) is 134 Å². The molecule has 264 valence electrons. The summed E-state index contributed by atoms with van der Waals surface area (Å²) in [6.45, 7) is 25.2. The van der Waals surface area contributed by atoms with E-state index in [0.717, 1.165) is 51.4 Å². The summed E-state index contributed by atoms with van der Waals surface area (Å²) in [5, 5.41) is 40.8. The van der Waals surface area contributed by atoms with Crippen LogP contribution in [0.15, 0.2) is 0 Å². The second-order valence-corrected chi connectivity index (χ2v) is 12.3. The fourth-order valence-electron chi connectivity index (χ4n) is 4.94. The molecule has 0 aromatic rings. The van der Waals surface area contributed by atoms with Crippen molar-refractivity contribution < 1.29 is 19.7 Å². The molecule has 44 heavy (non-hydrogen) atoms. The van der Waals surface area contributed by atoms with E-state index in [4.69, 9.17) is 0 Å². The van der Waals surface area contributed by atoms with Crippen molar-refractivity contribution in [2.75, 3.05) is 26.2 Å². The first kappa shape index (κ1) is 48.5. The molecule has 0 fully saturated rings. The van der Waals surface area contributed by atoms with Gasteiger partial charge in [-0.15, -0.1) is 0 Å². The molecule has 0 heterocycles. The van der Waals surface area contributed by atoms with E-state index in [2.05, 4.69) is 55.4 Å². The van der Waals surface area contributed by atoms with Crippen LogP contribution in [0.2, 0.25) is 0 Å². The minimum atomic E-state index is -0.208. The Labute approximate surface area is 268 Å². The average molecular weight is 637 g/mol. The monoisotopic (exact) mass is 637 g/mol. The van der Waals surface area contributed by atoms with Gasteiger partial charge in [-0.2, -0.15) is 0 Å². The van der Waals surface area contributed by atoms with Crippen molar-refractivity contribution in [3.63, 3.8) is 0 Å². The second kappa shape index (κ2) is 30.6. The van der Waals surface area contributed by atoms with Gasteiger partial charge < -0.3 is 0 Å². The highest BCUT2D eigenvalue weighted by molar-refractivity contribution is 4.64. The molecule has 8 atom stereocenters. The zero-order valence-corrected chi connectivity index (χ0v) is 30.2. The van der Waals surface area contributed by atoms with Gasteiger partial charge in [-0.3, -0.25) is 40.5 Å². The molecule has 0 saturated heterocycles. The minimum absolute atomic E-state index is 0.130. The molecule has 0 bridgehead atoms. The SMILES string of the molecule is CC[C@@H](C[N+](=O)[O-])[C@@H](C)CC.CC[C@@H](C[N+](=O)[O-])[C@H](C)CC.CC[C@H](C[N+](=O)[O-])[C@@H](C)CC.CC[C@H](C[N+](=O)[O-])[C@H](C)CC. The first-order valence-corrected chi connectivity index (χ1v) is 16.9. The topological polar surface area (TPSA) is 173 Å². The Hall–Kier alpha value is -2.40. The normalized spacial score (nSPS) is 15.9. The first-order valence-electron chi connectivity index (χ1n) is 16.9. The highest BCUT2D eigenvalue weighted by Gasteiger charge is 2.21. The fourth-order valence-corrected chi connectivity index (χ4v) is 4.94. The molecule has 0 amide bonds. The van der Waals surface area contributed by atoms with E-state index in [1.807, 2.05) is 27.7 Å². The summed E-state index contributed by atoms with van der Waals surface area (Å²) in [4.78, 5) is 39.9. The van der Waals surface area contributed by atoms with E-state index in [0.29, 0.717) is 23.7 Å². The van der Waals surface area contributed by atoms with Gasteiger partial charge in [-0.25, -0.2) is 0 Å². The molecule has 0 N–H and O–H groups in total. The summed E-state index contributed by atoms with van der Waals surface area (Å²) >= 11 is 0. The lowest BCUT2D eigenvalue weighted by Crippen LogP contribution is -2.20. The Kier molecular flexibility index (Phi) is 33.8. The number of rotatable bonds is 20. The minimum Gasteiger partial charge on any atom is -0.265 e. The Bertz CT molecular complexity index is 621. The van der Waals surface area contributed by atoms with Gasteiger partial charge in [0.1, 0.15) is 0 Å². The summed E-state index contributed by atoms with van der Waals surface area (Å²) in [5.41, 5.74) is 0. The molecule has 0 unspecified atom stereocenters. The quantitative estimate of drug-likeness (QED) is 0.0938. The molecule has 0 aliphatic carbocycles. The lowest BCUT2D eigenvalue weighted by molar-refractivity contribution is -0.490. The van der Waals surface area contributed by atoms with Crippen molar-refractivity contribution in [2.45, 2.75) is 134 Å². The lowest BCUT2D eigenvalue weighted by Gasteiger charge is -2.16. The average Bonchev–Trinajstić information content (AvgIpc) is 2.98. The Balaban J connectivity index is -0.000000242. The van der Waals surface area contributed by atoms with E-state index < -0.39 is 0 Å². The van der Waals surface area contributed by atoms with Crippen molar-refractivity contribution in [1.82, 2.24) is 0 Å². The van der Waals surface area contributed by atoms with E-state index in [1.165, 1.54) is 0 Å². The van der Waals surface area contributed by atoms with Crippen LogP contribution in [0.3, 0.4) is 0 Å². The van der Waals surface area contributed by atoms with Gasteiger partial charge >= 0.3 is 0 Å². The first-order chi connectivity index (χ1) is 20.5. The molecule has 0 saturated carbocycles. The van der Waals surface area contributed by atoms with E-state index in [9.17, 15) is 40.5 Å². The summed E-state index contributed by atoms with van der Waals surface area (Å²) in [7, 11) is 0. The van der Waals surface area contributed by atoms with Crippen molar-refractivity contribution in [2.24, 2.45) is 47.3 Å². The molecule has 0 spiro atoms. The molecule has 0 aliphatic rings. The van der Waals surface area contributed by atoms with E-state index >= 15 is 0 Å². The van der Waals surface area contributed by atoms with Gasteiger partial charge in [-0.1, -0.05) is 109 Å². The van der Waals surface area contributed by atoms with Crippen LogP contribution in [-0.2, 0) is 0 Å². The van der Waals surface area contributed by atoms with Gasteiger partial charge in [0.25, 0.3) is 0 Å². The van der Waals surface area contributed by atoms with Gasteiger partial charge in [0.05, 0.1) is 0 Å². The maximum Gasteiger partial charge on any atom is 0.206 e. The third-order valence-corrected chi connectivity index (χ3v) is 9.43. The molecular weight excluding hydrogens is 568 g/mol. The van der Waals surface area contributed by atoms with E-state index in [-0.39, 0.29) is 69.5 Å². The Morgan fingerprint density at radius 3 is 0.545 bits per heavy atom. The van der Waals surface area contributed by atoms with Crippen LogP contribution >= 0.6 is 0 Å². The molecule has 12 nitrogen and oxygen atoms in total. The number of hydrogen-bond donors (Lipinski definition) is 0. The van der Waals surface area contributed by atoms with Crippen LogP contribution in [-0.4, -0.2) is 45.9 Å². The number of nitro groups is 4. The molecular formula is C32H68N4O8. The van der Waals surface area contributed by atoms with Crippen LogP contribution in [0.25, 0.3) is 0 Å². The zero-order valence-electron chi connectivity index (χ0n) is 30.2. The summed E-state index contributed by atoms with van der Waals surface area (Å²) < 4.78 is 0. The summed E-state index contributed by atoms with van der Waals surface area (Å²) in [6.07, 6.45) is 7.79. The predicted octanol–water partition coefficient (Wildman–Crippen LogP) is 9.34. The van der Waals surface area contributed by atoms with Gasteiger partial charge in [-0.05, 0) is 49.4 Å². The van der Waals surface area contributed by atoms with Crippen molar-refractivity contribution in [1.29, 1.82) is 0 Å².